The van der Waals surface area contributed by atoms with Gasteiger partial charge < -0.3 is 23.2 Å². The number of nitriles is 1. The third-order valence-electron chi connectivity index (χ3n) is 12.9. The van der Waals surface area contributed by atoms with E-state index in [1.165, 1.54) is 0 Å². The first-order valence-corrected chi connectivity index (χ1v) is 27.6. The summed E-state index contributed by atoms with van der Waals surface area (Å²) in [5.41, 5.74) is 2.62. The highest BCUT2D eigenvalue weighted by molar-refractivity contribution is 7.50. The van der Waals surface area contributed by atoms with Crippen LogP contribution in [0.2, 0.25) is 18.1 Å². The summed E-state index contributed by atoms with van der Waals surface area (Å²) in [4.78, 5) is 38.7. The molecule has 0 saturated carbocycles. The second-order valence-electron chi connectivity index (χ2n) is 19.8. The molecule has 2 N–H and O–H groups in total. The van der Waals surface area contributed by atoms with Crippen LogP contribution in [0.15, 0.2) is 90.0 Å². The van der Waals surface area contributed by atoms with Crippen molar-refractivity contribution in [2.24, 2.45) is 11.8 Å². The quantitative estimate of drug-likeness (QED) is 0.0330. The first-order chi connectivity index (χ1) is 31.7. The van der Waals surface area contributed by atoms with Gasteiger partial charge in [-0.2, -0.15) is 10.2 Å². The summed E-state index contributed by atoms with van der Waals surface area (Å²) < 4.78 is 39.2. The van der Waals surface area contributed by atoms with Gasteiger partial charge in [0.2, 0.25) is 11.9 Å². The minimum absolute atomic E-state index is 0.0135. The number of methoxy groups -OCH3 is 1. The number of aromatic nitrogens is 4. The van der Waals surface area contributed by atoms with Gasteiger partial charge in [-0.15, -0.1) is 0 Å². The second-order valence-corrected chi connectivity index (χ2v) is 26.3. The molecule has 1 aliphatic heterocycles. The average Bonchev–Trinajstić information content (AvgIpc) is 3.84. The van der Waals surface area contributed by atoms with Crippen LogP contribution in [0.4, 0.5) is 5.95 Å². The predicted octanol–water partition coefficient (Wildman–Crippen LogP) is 10.3. The number of amides is 1. The van der Waals surface area contributed by atoms with E-state index in [0.29, 0.717) is 6.16 Å². The molecule has 0 radical (unpaired) electrons. The van der Waals surface area contributed by atoms with Crippen LogP contribution in [0.5, 0.6) is 5.75 Å². The number of benzene rings is 3. The SMILES string of the molecule is COc1ccc(C(OC[C@H]2O[C@@H](n3cnc4c(=O)[nH]c(NC(=O)C(C)C)nc43)[C@@H](CP(OCCC#N)N(C(C)C)C(C)C)C2O[Si](C)(C)C(C)(C)C)(c2ccccc2)c2ccc(C)cc2)cc1. The molecule has 1 fully saturated rings. The number of carbonyl (C=O) groups is 1. The maximum absolute atomic E-state index is 13.7. The molecule has 16 heteroatoms. The van der Waals surface area contributed by atoms with Crippen LogP contribution >= 0.6 is 8.30 Å². The number of hydrogen-bond donors (Lipinski definition) is 2. The predicted molar refractivity (Wildman–Crippen MR) is 268 cm³/mol. The molecule has 3 unspecified atom stereocenters. The van der Waals surface area contributed by atoms with E-state index in [-0.39, 0.29) is 65.7 Å². The van der Waals surface area contributed by atoms with Gasteiger partial charge in [0.1, 0.15) is 32.0 Å². The lowest BCUT2D eigenvalue weighted by Gasteiger charge is -2.43. The Kier molecular flexibility index (Phi) is 16.7. The molecular weight excluding hydrogens is 882 g/mol. The molecule has 5 aromatic rings. The third kappa shape index (κ3) is 11.4. The molecule has 14 nitrogen and oxygen atoms in total. The number of aryl methyl sites for hydroxylation is 1. The van der Waals surface area contributed by atoms with Crippen LogP contribution in [0.1, 0.15) is 97.2 Å². The molecule has 6 rings (SSSR count). The van der Waals surface area contributed by atoms with Crippen molar-refractivity contribution in [1.29, 1.82) is 5.26 Å². The number of carbonyl (C=O) groups excluding carboxylic acids is 1. The number of aromatic amines is 1. The Morgan fingerprint density at radius 2 is 1.58 bits per heavy atom. The monoisotopic (exact) mass is 951 g/mol. The zero-order chi connectivity index (χ0) is 48.8. The Bertz CT molecular complexity index is 2510. The van der Waals surface area contributed by atoms with E-state index in [0.717, 1.165) is 28.0 Å². The summed E-state index contributed by atoms with van der Waals surface area (Å²) in [6.07, 6.45) is 0.302. The Hall–Kier alpha value is -4.78. The van der Waals surface area contributed by atoms with Gasteiger partial charge in [0.15, 0.2) is 19.5 Å². The Morgan fingerprint density at radius 1 is 0.970 bits per heavy atom. The van der Waals surface area contributed by atoms with Crippen molar-refractivity contribution in [3.63, 3.8) is 0 Å². The zero-order valence-corrected chi connectivity index (χ0v) is 43.4. The maximum atomic E-state index is 13.7. The number of hydrogen-bond acceptors (Lipinski definition) is 11. The van der Waals surface area contributed by atoms with Crippen molar-refractivity contribution in [3.05, 3.63) is 118 Å². The fourth-order valence-electron chi connectivity index (χ4n) is 8.45. The zero-order valence-electron chi connectivity index (χ0n) is 41.5. The van der Waals surface area contributed by atoms with Gasteiger partial charge in [-0.1, -0.05) is 107 Å². The second kappa shape index (κ2) is 21.7. The van der Waals surface area contributed by atoms with E-state index in [9.17, 15) is 14.9 Å². The van der Waals surface area contributed by atoms with Gasteiger partial charge >= 0.3 is 0 Å². The molecule has 0 aliphatic carbocycles. The summed E-state index contributed by atoms with van der Waals surface area (Å²) in [6, 6.07) is 29.1. The molecule has 0 bridgehead atoms. The molecule has 360 valence electrons. The van der Waals surface area contributed by atoms with Crippen molar-refractivity contribution in [3.8, 4) is 11.8 Å². The van der Waals surface area contributed by atoms with E-state index >= 15 is 0 Å². The van der Waals surface area contributed by atoms with E-state index in [1.807, 2.05) is 42.5 Å². The number of nitrogens with zero attached hydrogens (tertiary/aromatic N) is 5. The summed E-state index contributed by atoms with van der Waals surface area (Å²) in [5.74, 6) is -0.319. The molecule has 1 amide bonds. The van der Waals surface area contributed by atoms with E-state index in [4.69, 9.17) is 28.1 Å². The molecule has 1 aliphatic rings. The molecule has 2 aromatic heterocycles. The lowest BCUT2D eigenvalue weighted by atomic mass is 9.79. The number of ether oxygens (including phenoxy) is 3. The average molecular weight is 952 g/mol. The smallest absolute Gasteiger partial charge is 0.280 e. The van der Waals surface area contributed by atoms with E-state index in [1.54, 1.807) is 31.9 Å². The van der Waals surface area contributed by atoms with Gasteiger partial charge in [0, 0.05) is 30.1 Å². The van der Waals surface area contributed by atoms with E-state index < -0.39 is 52.1 Å². The number of H-pyrrole nitrogens is 1. The van der Waals surface area contributed by atoms with Crippen molar-refractivity contribution in [1.82, 2.24) is 24.2 Å². The van der Waals surface area contributed by atoms with Crippen molar-refractivity contribution >= 4 is 39.6 Å². The van der Waals surface area contributed by atoms with Crippen LogP contribution in [0.25, 0.3) is 11.2 Å². The Balaban J connectivity index is 1.58. The topological polar surface area (TPSA) is 166 Å². The highest BCUT2D eigenvalue weighted by Crippen LogP contribution is 2.53. The lowest BCUT2D eigenvalue weighted by Crippen LogP contribution is -2.50. The number of rotatable bonds is 20. The highest BCUT2D eigenvalue weighted by atomic mass is 31.2. The molecule has 3 heterocycles. The highest BCUT2D eigenvalue weighted by Gasteiger charge is 2.53. The summed E-state index contributed by atoms with van der Waals surface area (Å²) >= 11 is 0. The third-order valence-corrected chi connectivity index (χ3v) is 20.0. The summed E-state index contributed by atoms with van der Waals surface area (Å²) in [7, 11) is -2.29. The van der Waals surface area contributed by atoms with Crippen molar-refractivity contribution in [2.75, 3.05) is 31.8 Å². The van der Waals surface area contributed by atoms with Gasteiger partial charge in [-0.3, -0.25) is 29.1 Å². The summed E-state index contributed by atoms with van der Waals surface area (Å²) in [6.45, 7) is 25.7. The number of anilines is 1. The van der Waals surface area contributed by atoms with Gasteiger partial charge in [0.25, 0.3) is 5.56 Å². The van der Waals surface area contributed by atoms with Crippen LogP contribution in [-0.4, -0.2) is 89.2 Å². The van der Waals surface area contributed by atoms with Crippen LogP contribution in [0.3, 0.4) is 0 Å². The van der Waals surface area contributed by atoms with Gasteiger partial charge in [-0.05, 0) is 81.6 Å². The summed E-state index contributed by atoms with van der Waals surface area (Å²) in [5, 5.41) is 12.2. The molecule has 3 aromatic carbocycles. The molecule has 1 saturated heterocycles. The van der Waals surface area contributed by atoms with Gasteiger partial charge in [-0.25, -0.2) is 4.98 Å². The Labute approximate surface area is 398 Å². The lowest BCUT2D eigenvalue weighted by molar-refractivity contribution is -0.118. The largest absolute Gasteiger partial charge is 0.497 e. The van der Waals surface area contributed by atoms with E-state index in [2.05, 4.69) is 131 Å². The standard InChI is InChI=1S/C51H70N7O7PSi/c1-33(2)46(59)55-49-54-45-43(47(60)56-49)53-32-57(45)48-41(31-66(63-29-17-28-52)58(34(3)4)35(5)6)44(65-67(12,13)50(8,9)10)42(64-48)30-62-51(37-18-15-14-16-19-37,38-22-20-36(7)21-23-38)39-24-26-40(61-11)27-25-39/h14-16,18-27,32-35,41-42,44,48H,17,29-31H2,1-13H3,(H2,54,55,56,59,60)/t41-,42+,44?,48+,51?,66?/m0/s1. The van der Waals surface area contributed by atoms with Crippen molar-refractivity contribution < 1.29 is 28.0 Å². The number of fused-ring (bicyclic) bond motifs is 1. The van der Waals surface area contributed by atoms with Crippen molar-refractivity contribution in [2.45, 2.75) is 130 Å². The molecule has 6 atom stereocenters. The first kappa shape index (κ1) is 51.6. The molecular formula is C51H70N7O7PSi. The van der Waals surface area contributed by atoms with Crippen LogP contribution in [-0.2, 0) is 28.8 Å². The Morgan fingerprint density at radius 3 is 2.15 bits per heavy atom. The number of nitrogens with one attached hydrogen (secondary N) is 2. The molecule has 0 spiro atoms. The minimum atomic E-state index is -2.59. The van der Waals surface area contributed by atoms with Crippen LogP contribution in [0, 0.1) is 30.1 Å². The minimum Gasteiger partial charge on any atom is -0.497 e. The molecule has 67 heavy (non-hydrogen) atoms. The number of imidazole rings is 1. The van der Waals surface area contributed by atoms with Crippen LogP contribution < -0.4 is 15.6 Å². The fourth-order valence-corrected chi connectivity index (χ4v) is 12.3. The first-order valence-electron chi connectivity index (χ1n) is 23.3. The fraction of sp³-hybridized carbons (Fsp3) is 0.510. The van der Waals surface area contributed by atoms with Gasteiger partial charge in [0.05, 0.1) is 45.2 Å². The normalized spacial score (nSPS) is 19.3. The maximum Gasteiger partial charge on any atom is 0.280 e.